The molecule has 4 aromatic carbocycles. The maximum atomic E-state index is 14.3. The SMILES string of the molecule is CC(=O)NC1(COCc2ccccc2)CC[C@@](CO[C@H](C)c2cc(C(F)(F)F)cc(C(F)(F)F)c2)(c2ccccc2)N(C(=O)OCc2ccccc2)C1. The van der Waals surface area contributed by atoms with Crippen LogP contribution in [0.15, 0.2) is 109 Å². The number of nitrogens with one attached hydrogen (secondary N) is 1. The van der Waals surface area contributed by atoms with E-state index >= 15 is 0 Å². The molecule has 13 heteroatoms. The standard InChI is InChI=1S/C40H40F6N2O5/c1-28(32-20-34(39(41,42)43)22-35(21-32)40(44,45)46)53-27-38(33-16-10-5-11-17-33)19-18-37(47-29(2)49,26-51-23-30-12-6-3-7-13-30)25-48(38)36(50)52-24-31-14-8-4-9-15-31/h3-17,20-22,28H,18-19,23-27H2,1-2H3,(H,47,49)/t28-,37?,38-/m1/s1. The van der Waals surface area contributed by atoms with Gasteiger partial charge in [0.2, 0.25) is 5.91 Å². The van der Waals surface area contributed by atoms with Gasteiger partial charge in [-0.2, -0.15) is 26.3 Å². The molecule has 2 amide bonds. The van der Waals surface area contributed by atoms with E-state index in [1.165, 1.54) is 18.7 Å². The van der Waals surface area contributed by atoms with Crippen LogP contribution in [0.2, 0.25) is 0 Å². The number of carbonyl (C=O) groups excluding carboxylic acids is 2. The van der Waals surface area contributed by atoms with Gasteiger partial charge in [0, 0.05) is 6.92 Å². The second kappa shape index (κ2) is 16.4. The highest BCUT2D eigenvalue weighted by atomic mass is 19.4. The van der Waals surface area contributed by atoms with Crippen molar-refractivity contribution in [2.24, 2.45) is 0 Å². The van der Waals surface area contributed by atoms with Gasteiger partial charge in [-0.3, -0.25) is 9.69 Å². The zero-order valence-corrected chi connectivity index (χ0v) is 29.2. The lowest BCUT2D eigenvalue weighted by Gasteiger charge is -2.53. The highest BCUT2D eigenvalue weighted by Gasteiger charge is 2.52. The van der Waals surface area contributed by atoms with Crippen LogP contribution in [-0.4, -0.2) is 42.2 Å². The van der Waals surface area contributed by atoms with Gasteiger partial charge in [-0.25, -0.2) is 4.79 Å². The zero-order chi connectivity index (χ0) is 38.3. The molecule has 1 aliphatic rings. The van der Waals surface area contributed by atoms with Crippen molar-refractivity contribution in [3.05, 3.63) is 143 Å². The summed E-state index contributed by atoms with van der Waals surface area (Å²) in [5, 5.41) is 2.99. The number of halogens is 6. The summed E-state index contributed by atoms with van der Waals surface area (Å²) in [6.07, 6.45) is -11.7. The largest absolute Gasteiger partial charge is 0.445 e. The minimum Gasteiger partial charge on any atom is -0.445 e. The number of alkyl halides is 6. The molecular weight excluding hydrogens is 702 g/mol. The van der Waals surface area contributed by atoms with Crippen molar-refractivity contribution >= 4 is 12.0 Å². The number of amides is 2. The molecular formula is C40H40F6N2O5. The number of hydrogen-bond acceptors (Lipinski definition) is 5. The summed E-state index contributed by atoms with van der Waals surface area (Å²) >= 11 is 0. The van der Waals surface area contributed by atoms with Gasteiger partial charge in [-0.1, -0.05) is 91.0 Å². The fourth-order valence-corrected chi connectivity index (χ4v) is 6.57. The van der Waals surface area contributed by atoms with Crippen LogP contribution < -0.4 is 5.32 Å². The molecule has 4 aromatic rings. The minimum atomic E-state index is -5.04. The summed E-state index contributed by atoms with van der Waals surface area (Å²) in [4.78, 5) is 28.4. The van der Waals surface area contributed by atoms with Crippen molar-refractivity contribution in [3.63, 3.8) is 0 Å². The third-order valence-corrected chi connectivity index (χ3v) is 9.31. The van der Waals surface area contributed by atoms with Gasteiger partial charge in [-0.05, 0) is 60.2 Å². The summed E-state index contributed by atoms with van der Waals surface area (Å²) in [6.45, 7) is 2.39. The Morgan fingerprint density at radius 3 is 1.81 bits per heavy atom. The third kappa shape index (κ3) is 9.96. The molecule has 0 aromatic heterocycles. The van der Waals surface area contributed by atoms with E-state index < -0.39 is 46.8 Å². The molecule has 1 heterocycles. The highest BCUT2D eigenvalue weighted by Crippen LogP contribution is 2.44. The average molecular weight is 743 g/mol. The van der Waals surface area contributed by atoms with Gasteiger partial charge >= 0.3 is 18.4 Å². The van der Waals surface area contributed by atoms with Crippen LogP contribution in [0, 0.1) is 0 Å². The van der Waals surface area contributed by atoms with E-state index in [0.29, 0.717) is 23.3 Å². The summed E-state index contributed by atoms with van der Waals surface area (Å²) in [6, 6.07) is 28.4. The Hall–Kier alpha value is -4.88. The molecule has 3 atom stereocenters. The monoisotopic (exact) mass is 742 g/mol. The van der Waals surface area contributed by atoms with Crippen molar-refractivity contribution in [2.45, 2.75) is 69.4 Å². The number of carbonyl (C=O) groups is 2. The molecule has 0 bridgehead atoms. The number of ether oxygens (including phenoxy) is 3. The molecule has 0 radical (unpaired) electrons. The third-order valence-electron chi connectivity index (χ3n) is 9.31. The predicted octanol–water partition coefficient (Wildman–Crippen LogP) is 9.22. The first-order valence-corrected chi connectivity index (χ1v) is 17.0. The Bertz CT molecular complexity index is 1790. The molecule has 1 aliphatic heterocycles. The van der Waals surface area contributed by atoms with E-state index in [-0.39, 0.29) is 63.4 Å². The van der Waals surface area contributed by atoms with Crippen LogP contribution in [0.4, 0.5) is 31.1 Å². The molecule has 53 heavy (non-hydrogen) atoms. The van der Waals surface area contributed by atoms with Crippen molar-refractivity contribution in [1.29, 1.82) is 0 Å². The van der Waals surface area contributed by atoms with Crippen molar-refractivity contribution in [3.8, 4) is 0 Å². The van der Waals surface area contributed by atoms with Crippen LogP contribution in [0.25, 0.3) is 0 Å². The molecule has 1 unspecified atom stereocenters. The minimum absolute atomic E-state index is 0.0104. The van der Waals surface area contributed by atoms with E-state index in [2.05, 4.69) is 5.32 Å². The summed E-state index contributed by atoms with van der Waals surface area (Å²) < 4.78 is 101. The molecule has 1 fully saturated rings. The zero-order valence-electron chi connectivity index (χ0n) is 29.2. The van der Waals surface area contributed by atoms with Gasteiger partial charge in [0.25, 0.3) is 0 Å². The number of rotatable bonds is 12. The molecule has 5 rings (SSSR count). The first-order chi connectivity index (χ1) is 25.1. The van der Waals surface area contributed by atoms with E-state index in [4.69, 9.17) is 14.2 Å². The number of benzene rings is 4. The van der Waals surface area contributed by atoms with Crippen molar-refractivity contribution in [1.82, 2.24) is 10.2 Å². The Morgan fingerprint density at radius 1 is 0.755 bits per heavy atom. The molecule has 1 saturated heterocycles. The van der Waals surface area contributed by atoms with E-state index in [9.17, 15) is 35.9 Å². The van der Waals surface area contributed by atoms with Gasteiger partial charge in [-0.15, -0.1) is 0 Å². The molecule has 1 N–H and O–H groups in total. The summed E-state index contributed by atoms with van der Waals surface area (Å²) in [5.41, 5.74) is -3.51. The van der Waals surface area contributed by atoms with Gasteiger partial charge in [0.05, 0.1) is 54.7 Å². The van der Waals surface area contributed by atoms with Gasteiger partial charge < -0.3 is 19.5 Å². The summed E-state index contributed by atoms with van der Waals surface area (Å²) in [7, 11) is 0. The Balaban J connectivity index is 1.52. The molecule has 0 spiro atoms. The molecule has 7 nitrogen and oxygen atoms in total. The Kier molecular flexibility index (Phi) is 12.2. The fourth-order valence-electron chi connectivity index (χ4n) is 6.57. The van der Waals surface area contributed by atoms with E-state index in [1.54, 1.807) is 54.6 Å². The second-order valence-electron chi connectivity index (χ2n) is 13.3. The first-order valence-electron chi connectivity index (χ1n) is 17.0. The van der Waals surface area contributed by atoms with Gasteiger partial charge in [0.1, 0.15) is 6.61 Å². The molecule has 0 aliphatic carbocycles. The normalized spacial score (nSPS) is 19.7. The van der Waals surface area contributed by atoms with E-state index in [0.717, 1.165) is 5.56 Å². The average Bonchev–Trinajstić information content (AvgIpc) is 3.13. The van der Waals surface area contributed by atoms with Crippen molar-refractivity contribution < 1.29 is 50.1 Å². The fraction of sp³-hybridized carbons (Fsp3) is 0.350. The highest BCUT2D eigenvalue weighted by molar-refractivity contribution is 5.75. The lowest BCUT2D eigenvalue weighted by atomic mass is 9.74. The first kappa shape index (κ1) is 39.3. The molecule has 0 saturated carbocycles. The smallest absolute Gasteiger partial charge is 0.416 e. The van der Waals surface area contributed by atoms with Crippen LogP contribution in [-0.2, 0) is 50.1 Å². The number of likely N-dealkylation sites (tertiary alicyclic amines) is 1. The Labute approximate surface area is 303 Å². The number of piperidine rings is 1. The lowest BCUT2D eigenvalue weighted by Crippen LogP contribution is -2.68. The topological polar surface area (TPSA) is 77.1 Å². The van der Waals surface area contributed by atoms with E-state index in [1.807, 2.05) is 36.4 Å². The Morgan fingerprint density at radius 2 is 1.28 bits per heavy atom. The number of nitrogens with zero attached hydrogens (tertiary/aromatic N) is 1. The van der Waals surface area contributed by atoms with Crippen molar-refractivity contribution in [2.75, 3.05) is 19.8 Å². The quantitative estimate of drug-likeness (QED) is 0.147. The molecule has 282 valence electrons. The summed E-state index contributed by atoms with van der Waals surface area (Å²) in [5.74, 6) is -0.368. The maximum absolute atomic E-state index is 14.3. The lowest BCUT2D eigenvalue weighted by molar-refractivity contribution is -0.143. The predicted molar refractivity (Wildman–Crippen MR) is 184 cm³/mol. The van der Waals surface area contributed by atoms with Crippen LogP contribution in [0.1, 0.15) is 66.2 Å². The van der Waals surface area contributed by atoms with Gasteiger partial charge in [0.15, 0.2) is 0 Å². The maximum Gasteiger partial charge on any atom is 0.416 e. The second-order valence-corrected chi connectivity index (χ2v) is 13.3. The van der Waals surface area contributed by atoms with Crippen LogP contribution in [0.3, 0.4) is 0 Å². The van der Waals surface area contributed by atoms with Crippen LogP contribution in [0.5, 0.6) is 0 Å². The van der Waals surface area contributed by atoms with Crippen LogP contribution >= 0.6 is 0 Å². The number of hydrogen-bond donors (Lipinski definition) is 1.